The van der Waals surface area contributed by atoms with Gasteiger partial charge in [0, 0.05) is 30.4 Å². The van der Waals surface area contributed by atoms with Crippen molar-refractivity contribution in [3.63, 3.8) is 0 Å². The molecule has 5 heteroatoms. The number of rotatable bonds is 2. The Morgan fingerprint density at radius 3 is 2.56 bits per heavy atom. The van der Waals surface area contributed by atoms with Crippen LogP contribution in [0.3, 0.4) is 0 Å². The molecule has 0 saturated carbocycles. The molecule has 0 spiro atoms. The average Bonchev–Trinajstić information content (AvgIpc) is 2.33. The third kappa shape index (κ3) is 2.30. The number of halogens is 1. The SMILES string of the molecule is Cc1c(N2CCC(C)CC2)ccc([N+](=O)[O-])c1F. The standard InChI is InChI=1S/C13H17FN2O2/c1-9-5-7-15(8-6-9)11-3-4-12(16(17)18)13(14)10(11)2/h3-4,9H,5-8H2,1-2H3. The number of benzene rings is 1. The van der Waals surface area contributed by atoms with E-state index in [9.17, 15) is 14.5 Å². The van der Waals surface area contributed by atoms with Gasteiger partial charge in [0.25, 0.3) is 0 Å². The van der Waals surface area contributed by atoms with E-state index in [-0.39, 0.29) is 0 Å². The molecule has 1 aromatic rings. The molecule has 1 aromatic carbocycles. The van der Waals surface area contributed by atoms with Crippen molar-refractivity contribution in [3.8, 4) is 0 Å². The van der Waals surface area contributed by atoms with Crippen LogP contribution in [-0.2, 0) is 0 Å². The summed E-state index contributed by atoms with van der Waals surface area (Å²) in [4.78, 5) is 12.1. The maximum absolute atomic E-state index is 13.9. The van der Waals surface area contributed by atoms with Gasteiger partial charge in [-0.2, -0.15) is 4.39 Å². The number of nitro groups is 1. The smallest absolute Gasteiger partial charge is 0.305 e. The predicted molar refractivity (Wildman–Crippen MR) is 68.4 cm³/mol. The molecule has 0 unspecified atom stereocenters. The van der Waals surface area contributed by atoms with Crippen LogP contribution in [-0.4, -0.2) is 18.0 Å². The van der Waals surface area contributed by atoms with Crippen molar-refractivity contribution in [2.75, 3.05) is 18.0 Å². The minimum absolute atomic E-state index is 0.374. The Kier molecular flexibility index (Phi) is 3.50. The van der Waals surface area contributed by atoms with Crippen molar-refractivity contribution in [2.45, 2.75) is 26.7 Å². The van der Waals surface area contributed by atoms with Crippen molar-refractivity contribution >= 4 is 11.4 Å². The molecule has 98 valence electrons. The highest BCUT2D eigenvalue weighted by atomic mass is 19.1. The second-order valence-electron chi connectivity index (χ2n) is 4.97. The Labute approximate surface area is 106 Å². The average molecular weight is 252 g/mol. The van der Waals surface area contributed by atoms with Gasteiger partial charge in [0.2, 0.25) is 5.82 Å². The van der Waals surface area contributed by atoms with Gasteiger partial charge >= 0.3 is 5.69 Å². The lowest BCUT2D eigenvalue weighted by Gasteiger charge is -2.33. The van der Waals surface area contributed by atoms with E-state index < -0.39 is 16.4 Å². The number of piperidine rings is 1. The number of nitrogens with zero attached hydrogens (tertiary/aromatic N) is 2. The zero-order chi connectivity index (χ0) is 13.3. The molecule has 18 heavy (non-hydrogen) atoms. The molecule has 1 aliphatic rings. The van der Waals surface area contributed by atoms with E-state index >= 15 is 0 Å². The molecular formula is C13H17FN2O2. The number of anilines is 1. The Hall–Kier alpha value is -1.65. The van der Waals surface area contributed by atoms with E-state index in [1.54, 1.807) is 13.0 Å². The quantitative estimate of drug-likeness (QED) is 0.599. The molecule has 0 amide bonds. The van der Waals surface area contributed by atoms with Crippen molar-refractivity contribution in [2.24, 2.45) is 5.92 Å². The minimum atomic E-state index is -0.712. The Bertz CT molecular complexity index is 468. The third-order valence-electron chi connectivity index (χ3n) is 3.66. The van der Waals surface area contributed by atoms with Gasteiger partial charge in [-0.1, -0.05) is 6.92 Å². The summed E-state index contributed by atoms with van der Waals surface area (Å²) in [6, 6.07) is 2.92. The van der Waals surface area contributed by atoms with Crippen LogP contribution in [0, 0.1) is 28.8 Å². The highest BCUT2D eigenvalue weighted by Crippen LogP contribution is 2.31. The zero-order valence-corrected chi connectivity index (χ0v) is 10.6. The molecular weight excluding hydrogens is 235 g/mol. The van der Waals surface area contributed by atoms with Crippen molar-refractivity contribution in [3.05, 3.63) is 33.6 Å². The van der Waals surface area contributed by atoms with Gasteiger partial charge in [-0.05, 0) is 31.7 Å². The highest BCUT2D eigenvalue weighted by Gasteiger charge is 2.23. The first-order chi connectivity index (χ1) is 8.50. The lowest BCUT2D eigenvalue weighted by atomic mass is 9.98. The molecule has 0 radical (unpaired) electrons. The van der Waals surface area contributed by atoms with Crippen LogP contribution < -0.4 is 4.90 Å². The van der Waals surface area contributed by atoms with Crippen LogP contribution in [0.2, 0.25) is 0 Å². The fraction of sp³-hybridized carbons (Fsp3) is 0.538. The van der Waals surface area contributed by atoms with Gasteiger partial charge in [-0.15, -0.1) is 0 Å². The van der Waals surface area contributed by atoms with Crippen LogP contribution in [0.4, 0.5) is 15.8 Å². The summed E-state index contributed by atoms with van der Waals surface area (Å²) < 4.78 is 13.9. The fourth-order valence-electron chi connectivity index (χ4n) is 2.39. The van der Waals surface area contributed by atoms with E-state index in [0.29, 0.717) is 11.5 Å². The van der Waals surface area contributed by atoms with Gasteiger partial charge in [0.05, 0.1) is 4.92 Å². The first kappa shape index (κ1) is 12.8. The number of nitro benzene ring substituents is 1. The van der Waals surface area contributed by atoms with Gasteiger partial charge < -0.3 is 4.90 Å². The first-order valence-corrected chi connectivity index (χ1v) is 6.19. The molecule has 1 heterocycles. The number of hydrogen-bond donors (Lipinski definition) is 0. The van der Waals surface area contributed by atoms with Crippen molar-refractivity contribution in [1.29, 1.82) is 0 Å². The summed E-state index contributed by atoms with van der Waals surface area (Å²) in [5, 5.41) is 10.7. The van der Waals surface area contributed by atoms with Crippen LogP contribution >= 0.6 is 0 Å². The van der Waals surface area contributed by atoms with E-state index in [2.05, 4.69) is 11.8 Å². The monoisotopic (exact) mass is 252 g/mol. The van der Waals surface area contributed by atoms with E-state index in [1.807, 2.05) is 0 Å². The third-order valence-corrected chi connectivity index (χ3v) is 3.66. The Balaban J connectivity index is 2.30. The molecule has 1 fully saturated rings. The molecule has 2 rings (SSSR count). The normalized spacial score (nSPS) is 16.9. The van der Waals surface area contributed by atoms with Gasteiger partial charge in [0.1, 0.15) is 0 Å². The molecule has 0 atom stereocenters. The van der Waals surface area contributed by atoms with E-state index in [1.165, 1.54) is 6.07 Å². The lowest BCUT2D eigenvalue weighted by molar-refractivity contribution is -0.387. The second kappa shape index (κ2) is 4.92. The van der Waals surface area contributed by atoms with Gasteiger partial charge in [-0.3, -0.25) is 10.1 Å². The number of hydrogen-bond acceptors (Lipinski definition) is 3. The van der Waals surface area contributed by atoms with E-state index in [0.717, 1.165) is 31.6 Å². The maximum Gasteiger partial charge on any atom is 0.305 e. The van der Waals surface area contributed by atoms with Crippen LogP contribution in [0.15, 0.2) is 12.1 Å². The molecule has 1 aliphatic heterocycles. The summed E-state index contributed by atoms with van der Waals surface area (Å²) in [6.07, 6.45) is 2.16. The van der Waals surface area contributed by atoms with E-state index in [4.69, 9.17) is 0 Å². The van der Waals surface area contributed by atoms with Gasteiger partial charge in [0.15, 0.2) is 0 Å². The predicted octanol–water partition coefficient (Wildman–Crippen LogP) is 3.28. The Morgan fingerprint density at radius 1 is 1.39 bits per heavy atom. The lowest BCUT2D eigenvalue weighted by Crippen LogP contribution is -2.33. The maximum atomic E-state index is 13.9. The van der Waals surface area contributed by atoms with Crippen LogP contribution in [0.1, 0.15) is 25.3 Å². The fourth-order valence-corrected chi connectivity index (χ4v) is 2.39. The summed E-state index contributed by atoms with van der Waals surface area (Å²) >= 11 is 0. The summed E-state index contributed by atoms with van der Waals surface area (Å²) in [5.41, 5.74) is 0.713. The van der Waals surface area contributed by atoms with Crippen LogP contribution in [0.25, 0.3) is 0 Å². The topological polar surface area (TPSA) is 46.4 Å². The van der Waals surface area contributed by atoms with Crippen LogP contribution in [0.5, 0.6) is 0 Å². The molecule has 0 N–H and O–H groups in total. The minimum Gasteiger partial charge on any atom is -0.371 e. The van der Waals surface area contributed by atoms with Crippen molar-refractivity contribution in [1.82, 2.24) is 0 Å². The Morgan fingerprint density at radius 2 is 2.00 bits per heavy atom. The molecule has 0 bridgehead atoms. The molecule has 0 aliphatic carbocycles. The zero-order valence-electron chi connectivity index (χ0n) is 10.6. The second-order valence-corrected chi connectivity index (χ2v) is 4.97. The summed E-state index contributed by atoms with van der Waals surface area (Å²) in [7, 11) is 0. The largest absolute Gasteiger partial charge is 0.371 e. The molecule has 1 saturated heterocycles. The van der Waals surface area contributed by atoms with Gasteiger partial charge in [-0.25, -0.2) is 0 Å². The summed E-state index contributed by atoms with van der Waals surface area (Å²) in [5.74, 6) is -0.0134. The highest BCUT2D eigenvalue weighted by molar-refractivity contribution is 5.58. The van der Waals surface area contributed by atoms with Crippen molar-refractivity contribution < 1.29 is 9.31 Å². The summed E-state index contributed by atoms with van der Waals surface area (Å²) in [6.45, 7) is 5.59. The molecule has 4 nitrogen and oxygen atoms in total. The molecule has 0 aromatic heterocycles. The first-order valence-electron chi connectivity index (χ1n) is 6.19.